The van der Waals surface area contributed by atoms with Crippen LogP contribution >= 0.6 is 31.7 Å². The summed E-state index contributed by atoms with van der Waals surface area (Å²) >= 11 is 0. The van der Waals surface area contributed by atoms with E-state index in [1.807, 2.05) is 0 Å². The van der Waals surface area contributed by atoms with Crippen LogP contribution < -0.4 is 63.7 Å². The highest BCUT2D eigenvalue weighted by atomic mass is 31.1. The number of rotatable bonds is 16. The Bertz CT molecular complexity index is 3800. The van der Waals surface area contributed by atoms with Crippen molar-refractivity contribution < 1.29 is 69.1 Å². The fraction of sp³-hybridized carbons (Fsp3) is 0.182. The van der Waals surface area contributed by atoms with E-state index in [9.17, 15) is 69.1 Å². The molecule has 584 valence electrons. The molecule has 12 aromatic carbocycles. The van der Waals surface area contributed by atoms with Crippen molar-refractivity contribution in [3.8, 4) is 0 Å². The van der Waals surface area contributed by atoms with Crippen LogP contribution in [0, 0.1) is 0 Å². The number of halogens is 16. The summed E-state index contributed by atoms with van der Waals surface area (Å²) in [7, 11) is -27.6. The molecule has 0 atom stereocenters. The first kappa shape index (κ1) is 87.5. The first-order chi connectivity index (χ1) is 53.7. The minimum atomic E-state index is -6.00. The second-order valence-electron chi connectivity index (χ2n) is 27.4. The quantitative estimate of drug-likeness (QED) is 0.0514. The first-order valence-electron chi connectivity index (χ1n) is 37.5. The van der Waals surface area contributed by atoms with Crippen LogP contribution in [-0.2, 0) is 0 Å². The maximum Gasteiger partial charge on any atom is 0.673 e. The molecule has 4 aliphatic carbocycles. The third-order valence-electron chi connectivity index (χ3n) is 19.6. The summed E-state index contributed by atoms with van der Waals surface area (Å²) in [5.41, 5.74) is 6.12. The van der Waals surface area contributed by atoms with Gasteiger partial charge in [0.25, 0.3) is 0 Å². The van der Waals surface area contributed by atoms with Gasteiger partial charge in [-0.05, 0) is 243 Å². The summed E-state index contributed by atoms with van der Waals surface area (Å²) in [5.74, 6) is 3.25. The Morgan fingerprint density at radius 1 is 0.152 bits per heavy atom. The molecular weight excluding hydrogens is 1530 g/mol. The Morgan fingerprint density at radius 2 is 0.250 bits per heavy atom. The largest absolute Gasteiger partial charge is 0.673 e. The van der Waals surface area contributed by atoms with E-state index >= 15 is 0 Å². The number of benzene rings is 12. The second kappa shape index (κ2) is 43.7. The average molecular weight is 1620 g/mol. The molecule has 0 unspecified atom stereocenters. The predicted molar refractivity (Wildman–Crippen MR) is 453 cm³/mol. The zero-order valence-corrected chi connectivity index (χ0v) is 65.5. The minimum Gasteiger partial charge on any atom is -0.418 e. The van der Waals surface area contributed by atoms with Gasteiger partial charge in [-0.25, -0.2) is 0 Å². The van der Waals surface area contributed by atoms with Crippen molar-refractivity contribution in [1.82, 2.24) is 0 Å². The number of hydrogen-bond acceptors (Lipinski definition) is 0. The molecule has 0 nitrogen and oxygen atoms in total. The molecule has 4 fully saturated rings. The number of hydrogen-bond donors (Lipinski definition) is 0. The Kier molecular flexibility index (Phi) is 34.1. The topological polar surface area (TPSA) is 0 Å². The van der Waals surface area contributed by atoms with Crippen molar-refractivity contribution >= 4 is 124 Å². The molecule has 0 N–H and O–H groups in total. The molecule has 12 aromatic rings. The van der Waals surface area contributed by atoms with Gasteiger partial charge in [0, 0.05) is 0 Å². The summed E-state index contributed by atoms with van der Waals surface area (Å²) in [6, 6.07) is 126. The van der Waals surface area contributed by atoms with Crippen molar-refractivity contribution in [2.45, 2.75) is 101 Å². The zero-order chi connectivity index (χ0) is 79.9. The highest BCUT2D eigenvalue weighted by Crippen LogP contribution is 2.42. The molecule has 0 heterocycles. The van der Waals surface area contributed by atoms with E-state index in [1.165, 1.54) is 163 Å². The molecule has 0 amide bonds. The van der Waals surface area contributed by atoms with Gasteiger partial charge in [-0.3, -0.25) is 0 Å². The van der Waals surface area contributed by atoms with E-state index in [4.69, 9.17) is 0 Å². The molecule has 112 heavy (non-hydrogen) atoms. The third kappa shape index (κ3) is 30.4. The summed E-state index contributed by atoms with van der Waals surface area (Å²) < 4.78 is 156. The maximum absolute atomic E-state index is 9.75. The maximum atomic E-state index is 9.75. The van der Waals surface area contributed by atoms with Crippen LogP contribution in [0.3, 0.4) is 0 Å². The molecule has 4 saturated carbocycles. The predicted octanol–water partition coefficient (Wildman–Crippen LogP) is 23.0. The van der Waals surface area contributed by atoms with E-state index in [0.717, 1.165) is 23.7 Å². The SMILES string of the molecule is F[B-](F)(F)F.F[B-](F)(F)F.F[B-](F)(F)F.F[B-](F)(F)F.c1ccc([PH+](c2ccccc2)c2ccc(C3CCC3)cc2)cc1.c1ccc([PH+](c2ccccc2)c2ccc(C3CCC3)cc2)cc1.c1ccc([PH+](c2ccccc2)c2ccc(C3CCC3)cc2)cc1.c1ccc([PH+](c2ccccc2)c2ccc(C3CCC3)cc2)cc1. The standard InChI is InChI=1S/4C22H21P.4BF4/c4*1-3-10-20(11-4-1)23(21-12-5-2-6-13-21)22-16-14-19(15-17-22)18-8-7-9-18;4*2-1(3,4)5/h4*1-6,10-18H,7-9H2;;;;/q;;;;4*-1/p+4. The van der Waals surface area contributed by atoms with Gasteiger partial charge in [0.1, 0.15) is 63.7 Å². The summed E-state index contributed by atoms with van der Waals surface area (Å²) in [5, 5.41) is 17.6. The van der Waals surface area contributed by atoms with Crippen LogP contribution in [0.15, 0.2) is 340 Å². The van der Waals surface area contributed by atoms with Gasteiger partial charge in [0.15, 0.2) is 0 Å². The second-order valence-corrected chi connectivity index (χ2v) is 37.3. The van der Waals surface area contributed by atoms with Crippen LogP contribution in [0.2, 0.25) is 0 Å². The van der Waals surface area contributed by atoms with E-state index in [0.29, 0.717) is 0 Å². The summed E-state index contributed by atoms with van der Waals surface area (Å²) in [4.78, 5) is 0. The summed E-state index contributed by atoms with van der Waals surface area (Å²) in [6.45, 7) is 0. The van der Waals surface area contributed by atoms with Crippen molar-refractivity contribution in [2.75, 3.05) is 0 Å². The minimum absolute atomic E-state index is 0.813. The molecule has 0 spiro atoms. The lowest BCUT2D eigenvalue weighted by Gasteiger charge is -2.25. The van der Waals surface area contributed by atoms with Gasteiger partial charge in [0.2, 0.25) is 0 Å². The van der Waals surface area contributed by atoms with E-state index in [1.54, 1.807) is 0 Å². The van der Waals surface area contributed by atoms with Crippen molar-refractivity contribution in [3.63, 3.8) is 0 Å². The molecule has 0 aromatic heterocycles. The van der Waals surface area contributed by atoms with Gasteiger partial charge in [-0.15, -0.1) is 0 Å². The monoisotopic (exact) mass is 1620 g/mol. The molecule has 0 bridgehead atoms. The molecule has 0 radical (unpaired) electrons. The molecular formula is C88H88B4F16P4. The highest BCUT2D eigenvalue weighted by Gasteiger charge is 2.32. The fourth-order valence-electron chi connectivity index (χ4n) is 13.5. The van der Waals surface area contributed by atoms with Gasteiger partial charge in [-0.2, -0.15) is 0 Å². The third-order valence-corrected chi connectivity index (χ3v) is 30.5. The normalized spacial score (nSPS) is 14.2. The van der Waals surface area contributed by atoms with Crippen LogP contribution in [0.1, 0.15) is 123 Å². The van der Waals surface area contributed by atoms with Crippen molar-refractivity contribution in [3.05, 3.63) is 362 Å². The molecule has 4 aliphatic rings. The lowest BCUT2D eigenvalue weighted by molar-refractivity contribution is 0.366. The van der Waals surface area contributed by atoms with Gasteiger partial charge < -0.3 is 69.1 Å². The van der Waals surface area contributed by atoms with Crippen molar-refractivity contribution in [2.24, 2.45) is 0 Å². The highest BCUT2D eigenvalue weighted by molar-refractivity contribution is 7.81. The molecule has 0 aliphatic heterocycles. The van der Waals surface area contributed by atoms with Crippen LogP contribution in [0.4, 0.5) is 69.1 Å². The Hall–Kier alpha value is -8.50. The average Bonchev–Trinajstić information content (AvgIpc) is 0.820. The Labute approximate surface area is 652 Å². The van der Waals surface area contributed by atoms with E-state index in [2.05, 4.69) is 340 Å². The van der Waals surface area contributed by atoms with E-state index < -0.39 is 60.7 Å². The van der Waals surface area contributed by atoms with Crippen LogP contribution in [0.25, 0.3) is 0 Å². The zero-order valence-electron chi connectivity index (χ0n) is 61.5. The fourth-order valence-corrected chi connectivity index (χ4v) is 23.7. The van der Waals surface area contributed by atoms with Crippen LogP contribution in [0.5, 0.6) is 0 Å². The van der Waals surface area contributed by atoms with Gasteiger partial charge in [-0.1, -0.05) is 220 Å². The lowest BCUT2D eigenvalue weighted by Crippen LogP contribution is -2.20. The summed E-state index contributed by atoms with van der Waals surface area (Å²) in [6.07, 6.45) is 16.5. The Balaban J connectivity index is 0.000000158. The van der Waals surface area contributed by atoms with Gasteiger partial charge in [0.05, 0.1) is 31.7 Å². The van der Waals surface area contributed by atoms with Crippen molar-refractivity contribution in [1.29, 1.82) is 0 Å². The molecule has 16 rings (SSSR count). The van der Waals surface area contributed by atoms with E-state index in [-0.39, 0.29) is 0 Å². The van der Waals surface area contributed by atoms with Gasteiger partial charge >= 0.3 is 29.0 Å². The first-order valence-corrected chi connectivity index (χ1v) is 43.5. The lowest BCUT2D eigenvalue weighted by atomic mass is 9.80. The molecule has 0 saturated heterocycles. The molecule has 24 heteroatoms. The smallest absolute Gasteiger partial charge is 0.418 e. The Morgan fingerprint density at radius 3 is 0.339 bits per heavy atom. The van der Waals surface area contributed by atoms with Crippen LogP contribution in [-0.4, -0.2) is 29.0 Å².